The average Bonchev–Trinajstić information content (AvgIpc) is 2.41. The Kier molecular flexibility index (Phi) is 3.83. The zero-order chi connectivity index (χ0) is 14.8. The quantitative estimate of drug-likeness (QED) is 0.840. The van der Waals surface area contributed by atoms with E-state index in [1.54, 1.807) is 12.3 Å². The highest BCUT2D eigenvalue weighted by molar-refractivity contribution is 5.67. The highest BCUT2D eigenvalue weighted by atomic mass is 19.4. The number of nitrogen functional groups attached to an aromatic ring is 1. The van der Waals surface area contributed by atoms with E-state index in [-0.39, 0.29) is 11.7 Å². The van der Waals surface area contributed by atoms with Gasteiger partial charge in [0, 0.05) is 6.20 Å². The van der Waals surface area contributed by atoms with Gasteiger partial charge in [-0.1, -0.05) is 6.07 Å². The summed E-state index contributed by atoms with van der Waals surface area (Å²) in [6.07, 6.45) is -2.73. The summed E-state index contributed by atoms with van der Waals surface area (Å²) < 4.78 is 37.6. The molecule has 0 aliphatic rings. The van der Waals surface area contributed by atoms with E-state index in [4.69, 9.17) is 5.73 Å². The number of nitrogens with zero attached hydrogens (tertiary/aromatic N) is 1. The van der Waals surface area contributed by atoms with Crippen LogP contribution in [0.1, 0.15) is 24.2 Å². The molecular weight excluding hydrogens is 267 g/mol. The van der Waals surface area contributed by atoms with E-state index < -0.39 is 11.7 Å². The maximum atomic E-state index is 12.5. The highest BCUT2D eigenvalue weighted by Crippen LogP contribution is 2.33. The van der Waals surface area contributed by atoms with Crippen molar-refractivity contribution < 1.29 is 13.2 Å². The lowest BCUT2D eigenvalue weighted by Crippen LogP contribution is -2.11. The van der Waals surface area contributed by atoms with Gasteiger partial charge in [-0.3, -0.25) is 4.98 Å². The third-order valence-corrected chi connectivity index (χ3v) is 2.88. The van der Waals surface area contributed by atoms with Crippen molar-refractivity contribution in [3.8, 4) is 0 Å². The molecule has 6 heteroatoms. The number of hydrogen-bond acceptors (Lipinski definition) is 3. The second-order valence-corrected chi connectivity index (χ2v) is 4.42. The Morgan fingerprint density at radius 1 is 1.20 bits per heavy atom. The van der Waals surface area contributed by atoms with Gasteiger partial charge in [0.1, 0.15) is 0 Å². The van der Waals surface area contributed by atoms with Crippen LogP contribution in [0.25, 0.3) is 0 Å². The molecule has 1 unspecified atom stereocenters. The minimum atomic E-state index is -4.39. The van der Waals surface area contributed by atoms with Crippen molar-refractivity contribution in [1.29, 1.82) is 0 Å². The number of benzene rings is 1. The molecule has 20 heavy (non-hydrogen) atoms. The number of anilines is 2. The molecule has 0 aliphatic carbocycles. The smallest absolute Gasteiger partial charge is 0.397 e. The number of rotatable bonds is 3. The molecule has 0 saturated carbocycles. The summed E-state index contributed by atoms with van der Waals surface area (Å²) in [5, 5.41) is 3.05. The second kappa shape index (κ2) is 5.40. The minimum absolute atomic E-state index is 0.0580. The summed E-state index contributed by atoms with van der Waals surface area (Å²) in [7, 11) is 0. The standard InChI is InChI=1S/C14H14F3N3/c1-9(12-4-2-3-7-19-12)20-13-6-5-10(8-11(13)18)14(15,16)17/h2-9,20H,18H2,1H3. The van der Waals surface area contributed by atoms with Crippen molar-refractivity contribution in [2.45, 2.75) is 19.1 Å². The monoisotopic (exact) mass is 281 g/mol. The number of nitrogens with two attached hydrogens (primary N) is 1. The maximum absolute atomic E-state index is 12.5. The topological polar surface area (TPSA) is 50.9 Å². The number of hydrogen-bond donors (Lipinski definition) is 2. The normalized spacial score (nSPS) is 13.0. The second-order valence-electron chi connectivity index (χ2n) is 4.42. The summed E-state index contributed by atoms with van der Waals surface area (Å²) in [5.74, 6) is 0. The zero-order valence-electron chi connectivity index (χ0n) is 10.8. The van der Waals surface area contributed by atoms with Crippen LogP contribution in [0.4, 0.5) is 24.5 Å². The Hall–Kier alpha value is -2.24. The first-order chi connectivity index (χ1) is 9.38. The fourth-order valence-electron chi connectivity index (χ4n) is 1.81. The van der Waals surface area contributed by atoms with Crippen LogP contribution in [0.2, 0.25) is 0 Å². The molecule has 0 amide bonds. The van der Waals surface area contributed by atoms with Crippen molar-refractivity contribution in [2.75, 3.05) is 11.1 Å². The number of pyridine rings is 1. The molecule has 1 aromatic carbocycles. The summed E-state index contributed by atoms with van der Waals surface area (Å²) >= 11 is 0. The van der Waals surface area contributed by atoms with Gasteiger partial charge in [0.2, 0.25) is 0 Å². The lowest BCUT2D eigenvalue weighted by atomic mass is 10.1. The minimum Gasteiger partial charge on any atom is -0.397 e. The number of alkyl halides is 3. The molecule has 0 fully saturated rings. The summed E-state index contributed by atoms with van der Waals surface area (Å²) in [6.45, 7) is 1.86. The van der Waals surface area contributed by atoms with Gasteiger partial charge in [0.15, 0.2) is 0 Å². The third-order valence-electron chi connectivity index (χ3n) is 2.88. The largest absolute Gasteiger partial charge is 0.416 e. The Balaban J connectivity index is 2.18. The van der Waals surface area contributed by atoms with E-state index in [0.29, 0.717) is 5.69 Å². The summed E-state index contributed by atoms with van der Waals surface area (Å²) in [4.78, 5) is 4.18. The zero-order valence-corrected chi connectivity index (χ0v) is 10.8. The van der Waals surface area contributed by atoms with E-state index in [1.165, 1.54) is 6.07 Å². The molecule has 3 nitrogen and oxygen atoms in total. The van der Waals surface area contributed by atoms with Gasteiger partial charge in [0.25, 0.3) is 0 Å². The number of halogens is 3. The van der Waals surface area contributed by atoms with Gasteiger partial charge >= 0.3 is 6.18 Å². The van der Waals surface area contributed by atoms with E-state index >= 15 is 0 Å². The SMILES string of the molecule is CC(Nc1ccc(C(F)(F)F)cc1N)c1ccccn1. The van der Waals surface area contributed by atoms with Gasteiger partial charge in [-0.05, 0) is 37.3 Å². The van der Waals surface area contributed by atoms with E-state index in [1.807, 2.05) is 19.1 Å². The number of aromatic nitrogens is 1. The molecule has 0 radical (unpaired) electrons. The van der Waals surface area contributed by atoms with Crippen LogP contribution in [-0.2, 0) is 6.18 Å². The molecule has 3 N–H and O–H groups in total. The van der Waals surface area contributed by atoms with Crippen LogP contribution in [0.3, 0.4) is 0 Å². The van der Waals surface area contributed by atoms with Crippen LogP contribution in [0, 0.1) is 0 Å². The van der Waals surface area contributed by atoms with Crippen molar-refractivity contribution in [3.05, 3.63) is 53.9 Å². The molecule has 0 bridgehead atoms. The van der Waals surface area contributed by atoms with Crippen LogP contribution in [0.15, 0.2) is 42.6 Å². The van der Waals surface area contributed by atoms with E-state index in [0.717, 1.165) is 17.8 Å². The van der Waals surface area contributed by atoms with Gasteiger partial charge < -0.3 is 11.1 Å². The van der Waals surface area contributed by atoms with E-state index in [9.17, 15) is 13.2 Å². The maximum Gasteiger partial charge on any atom is 0.416 e. The third kappa shape index (κ3) is 3.20. The molecule has 1 aromatic heterocycles. The van der Waals surface area contributed by atoms with Crippen LogP contribution < -0.4 is 11.1 Å². The van der Waals surface area contributed by atoms with Gasteiger partial charge in [-0.25, -0.2) is 0 Å². The summed E-state index contributed by atoms with van der Waals surface area (Å²) in [5.41, 5.74) is 6.20. The Labute approximate surface area is 114 Å². The molecule has 0 saturated heterocycles. The van der Waals surface area contributed by atoms with Crippen molar-refractivity contribution >= 4 is 11.4 Å². The molecule has 0 aliphatic heterocycles. The fourth-order valence-corrected chi connectivity index (χ4v) is 1.81. The predicted molar refractivity (Wildman–Crippen MR) is 72.1 cm³/mol. The van der Waals surface area contributed by atoms with Crippen LogP contribution >= 0.6 is 0 Å². The Bertz CT molecular complexity index is 582. The van der Waals surface area contributed by atoms with Crippen LogP contribution in [-0.4, -0.2) is 4.98 Å². The molecular formula is C14H14F3N3. The first-order valence-electron chi connectivity index (χ1n) is 6.02. The van der Waals surface area contributed by atoms with E-state index in [2.05, 4.69) is 10.3 Å². The Morgan fingerprint density at radius 2 is 1.95 bits per heavy atom. The van der Waals surface area contributed by atoms with Crippen molar-refractivity contribution in [3.63, 3.8) is 0 Å². The molecule has 2 aromatic rings. The first kappa shape index (κ1) is 14.2. The molecule has 1 heterocycles. The van der Waals surface area contributed by atoms with Gasteiger partial charge in [0.05, 0.1) is 28.7 Å². The van der Waals surface area contributed by atoms with Gasteiger partial charge in [-0.15, -0.1) is 0 Å². The average molecular weight is 281 g/mol. The lowest BCUT2D eigenvalue weighted by molar-refractivity contribution is -0.137. The Morgan fingerprint density at radius 3 is 2.50 bits per heavy atom. The highest BCUT2D eigenvalue weighted by Gasteiger charge is 2.30. The van der Waals surface area contributed by atoms with Crippen molar-refractivity contribution in [1.82, 2.24) is 4.98 Å². The molecule has 2 rings (SSSR count). The van der Waals surface area contributed by atoms with Crippen LogP contribution in [0.5, 0.6) is 0 Å². The predicted octanol–water partition coefficient (Wildman–Crippen LogP) is 3.86. The molecule has 0 spiro atoms. The van der Waals surface area contributed by atoms with Gasteiger partial charge in [-0.2, -0.15) is 13.2 Å². The van der Waals surface area contributed by atoms with Crippen molar-refractivity contribution in [2.24, 2.45) is 0 Å². The fraction of sp³-hybridized carbons (Fsp3) is 0.214. The molecule has 106 valence electrons. The molecule has 1 atom stereocenters. The first-order valence-corrected chi connectivity index (χ1v) is 6.02. The number of nitrogens with one attached hydrogen (secondary N) is 1. The lowest BCUT2D eigenvalue weighted by Gasteiger charge is -2.17. The summed E-state index contributed by atoms with van der Waals surface area (Å²) in [6, 6.07) is 8.57.